The Morgan fingerprint density at radius 1 is 1.41 bits per heavy atom. The van der Waals surface area contributed by atoms with Crippen LogP contribution in [0.5, 0.6) is 5.75 Å². The Hall–Kier alpha value is -0.940. The largest absolute Gasteiger partial charge is 0.508 e. The molecule has 0 amide bonds. The molecular formula is C11H13ClF3NO. The highest BCUT2D eigenvalue weighted by molar-refractivity contribution is 6.30. The van der Waals surface area contributed by atoms with Crippen molar-refractivity contribution in [2.75, 3.05) is 0 Å². The van der Waals surface area contributed by atoms with Gasteiger partial charge in [0, 0.05) is 23.2 Å². The number of phenols is 1. The number of hydrogen-bond acceptors (Lipinski definition) is 2. The third kappa shape index (κ3) is 5.28. The van der Waals surface area contributed by atoms with E-state index in [0.29, 0.717) is 10.6 Å². The van der Waals surface area contributed by atoms with Crippen molar-refractivity contribution >= 4 is 11.6 Å². The maximum absolute atomic E-state index is 12.1. The van der Waals surface area contributed by atoms with Gasteiger partial charge in [-0.3, -0.25) is 0 Å². The molecular weight excluding hydrogens is 255 g/mol. The number of hydrogen-bond donors (Lipinski definition) is 2. The van der Waals surface area contributed by atoms with Crippen molar-refractivity contribution in [3.8, 4) is 5.75 Å². The third-order valence-corrected chi connectivity index (χ3v) is 2.46. The van der Waals surface area contributed by atoms with Gasteiger partial charge < -0.3 is 10.4 Å². The molecule has 1 aromatic rings. The molecule has 0 saturated carbocycles. The molecule has 0 spiro atoms. The van der Waals surface area contributed by atoms with Crippen LogP contribution in [-0.2, 0) is 6.54 Å². The fraction of sp³-hybridized carbons (Fsp3) is 0.455. The van der Waals surface area contributed by atoms with Crippen LogP contribution in [0.15, 0.2) is 18.2 Å². The summed E-state index contributed by atoms with van der Waals surface area (Å²) in [6.07, 6.45) is -5.10. The maximum Gasteiger partial charge on any atom is 0.390 e. The molecule has 0 aliphatic heterocycles. The first-order valence-electron chi connectivity index (χ1n) is 5.05. The van der Waals surface area contributed by atoms with Gasteiger partial charge in [0.25, 0.3) is 0 Å². The fourth-order valence-corrected chi connectivity index (χ4v) is 1.59. The molecule has 2 N–H and O–H groups in total. The van der Waals surface area contributed by atoms with Crippen molar-refractivity contribution in [2.24, 2.45) is 0 Å². The van der Waals surface area contributed by atoms with Gasteiger partial charge in [0.2, 0.25) is 0 Å². The lowest BCUT2D eigenvalue weighted by Crippen LogP contribution is -2.30. The van der Waals surface area contributed by atoms with E-state index in [4.69, 9.17) is 11.6 Å². The molecule has 1 atom stereocenters. The zero-order valence-electron chi connectivity index (χ0n) is 9.18. The van der Waals surface area contributed by atoms with Crippen LogP contribution in [0.3, 0.4) is 0 Å². The highest BCUT2D eigenvalue weighted by atomic mass is 35.5. The lowest BCUT2D eigenvalue weighted by molar-refractivity contribution is -0.139. The minimum atomic E-state index is -4.19. The second-order valence-electron chi connectivity index (χ2n) is 3.87. The van der Waals surface area contributed by atoms with Gasteiger partial charge in [-0.1, -0.05) is 11.6 Å². The van der Waals surface area contributed by atoms with E-state index in [-0.39, 0.29) is 12.3 Å². The van der Waals surface area contributed by atoms with E-state index in [0.717, 1.165) is 0 Å². The average Bonchev–Trinajstić information content (AvgIpc) is 2.17. The van der Waals surface area contributed by atoms with Crippen LogP contribution >= 0.6 is 11.6 Å². The van der Waals surface area contributed by atoms with Crippen LogP contribution in [0.25, 0.3) is 0 Å². The quantitative estimate of drug-likeness (QED) is 0.875. The second-order valence-corrected chi connectivity index (χ2v) is 4.31. The van der Waals surface area contributed by atoms with Gasteiger partial charge in [-0.2, -0.15) is 13.2 Å². The molecule has 2 nitrogen and oxygen atoms in total. The first-order chi connectivity index (χ1) is 7.78. The Bertz CT molecular complexity index is 381. The van der Waals surface area contributed by atoms with Crippen LogP contribution in [0.4, 0.5) is 13.2 Å². The summed E-state index contributed by atoms with van der Waals surface area (Å²) in [5.74, 6) is 0.0149. The van der Waals surface area contributed by atoms with E-state index in [1.807, 2.05) is 0 Å². The molecule has 0 heterocycles. The van der Waals surface area contributed by atoms with E-state index < -0.39 is 18.6 Å². The first kappa shape index (κ1) is 14.1. The van der Waals surface area contributed by atoms with E-state index in [1.54, 1.807) is 0 Å². The SMILES string of the molecule is CC(CC(F)(F)F)NCc1cc(Cl)ccc1O. The van der Waals surface area contributed by atoms with Gasteiger partial charge in [-0.15, -0.1) is 0 Å². The molecule has 1 aromatic carbocycles. The molecule has 0 bridgehead atoms. The molecule has 0 fully saturated rings. The van der Waals surface area contributed by atoms with Crippen molar-refractivity contribution in [3.05, 3.63) is 28.8 Å². The summed E-state index contributed by atoms with van der Waals surface area (Å²) in [7, 11) is 0. The van der Waals surface area contributed by atoms with E-state index in [9.17, 15) is 18.3 Å². The summed E-state index contributed by atoms with van der Waals surface area (Å²) in [4.78, 5) is 0. The third-order valence-electron chi connectivity index (χ3n) is 2.22. The van der Waals surface area contributed by atoms with Gasteiger partial charge >= 0.3 is 6.18 Å². The number of aromatic hydroxyl groups is 1. The number of benzene rings is 1. The van der Waals surface area contributed by atoms with Crippen molar-refractivity contribution in [3.63, 3.8) is 0 Å². The summed E-state index contributed by atoms with van der Waals surface area (Å²) in [5, 5.41) is 12.6. The minimum absolute atomic E-state index is 0.0149. The Morgan fingerprint density at radius 3 is 2.65 bits per heavy atom. The van der Waals surface area contributed by atoms with Crippen molar-refractivity contribution in [1.82, 2.24) is 5.32 Å². The lowest BCUT2D eigenvalue weighted by atomic mass is 10.1. The van der Waals surface area contributed by atoms with Gasteiger partial charge in [-0.05, 0) is 25.1 Å². The standard InChI is InChI=1S/C11H13ClF3NO/c1-7(5-11(13,14)15)16-6-8-4-9(12)2-3-10(8)17/h2-4,7,16-17H,5-6H2,1H3. The second kappa shape index (κ2) is 5.60. The fourth-order valence-electron chi connectivity index (χ4n) is 1.40. The van der Waals surface area contributed by atoms with Crippen LogP contribution < -0.4 is 5.32 Å². The van der Waals surface area contributed by atoms with Gasteiger partial charge in [0.1, 0.15) is 5.75 Å². The molecule has 0 radical (unpaired) electrons. The van der Waals surface area contributed by atoms with Crippen LogP contribution in [0.1, 0.15) is 18.9 Å². The van der Waals surface area contributed by atoms with Gasteiger partial charge in [-0.25, -0.2) is 0 Å². The highest BCUT2D eigenvalue weighted by Crippen LogP contribution is 2.23. The Balaban J connectivity index is 2.53. The van der Waals surface area contributed by atoms with E-state index in [2.05, 4.69) is 5.32 Å². The smallest absolute Gasteiger partial charge is 0.390 e. The van der Waals surface area contributed by atoms with Crippen LogP contribution in [-0.4, -0.2) is 17.3 Å². The zero-order chi connectivity index (χ0) is 13.1. The van der Waals surface area contributed by atoms with Gasteiger partial charge in [0.15, 0.2) is 0 Å². The molecule has 0 saturated heterocycles. The lowest BCUT2D eigenvalue weighted by Gasteiger charge is -2.16. The van der Waals surface area contributed by atoms with Crippen LogP contribution in [0, 0.1) is 0 Å². The monoisotopic (exact) mass is 267 g/mol. The number of nitrogens with one attached hydrogen (secondary N) is 1. The minimum Gasteiger partial charge on any atom is -0.508 e. The number of alkyl halides is 3. The highest BCUT2D eigenvalue weighted by Gasteiger charge is 2.29. The maximum atomic E-state index is 12.1. The number of phenolic OH excluding ortho intramolecular Hbond substituents is 1. The molecule has 96 valence electrons. The normalized spacial score (nSPS) is 13.7. The average molecular weight is 268 g/mol. The number of halogens is 4. The summed E-state index contributed by atoms with van der Waals surface area (Å²) < 4.78 is 36.2. The molecule has 6 heteroatoms. The van der Waals surface area contributed by atoms with Crippen molar-refractivity contribution in [1.29, 1.82) is 0 Å². The van der Waals surface area contributed by atoms with Crippen molar-refractivity contribution in [2.45, 2.75) is 32.1 Å². The van der Waals surface area contributed by atoms with E-state index >= 15 is 0 Å². The molecule has 0 aromatic heterocycles. The molecule has 0 aliphatic rings. The zero-order valence-corrected chi connectivity index (χ0v) is 9.94. The van der Waals surface area contributed by atoms with Crippen molar-refractivity contribution < 1.29 is 18.3 Å². The predicted octanol–water partition coefficient (Wildman–Crippen LogP) is 3.48. The Kier molecular flexibility index (Phi) is 4.65. The summed E-state index contributed by atoms with van der Waals surface area (Å²) in [5.41, 5.74) is 0.478. The molecule has 1 rings (SSSR count). The van der Waals surface area contributed by atoms with Crippen LogP contribution in [0.2, 0.25) is 5.02 Å². The Labute approximate surface area is 102 Å². The first-order valence-corrected chi connectivity index (χ1v) is 5.43. The predicted molar refractivity (Wildman–Crippen MR) is 60.1 cm³/mol. The topological polar surface area (TPSA) is 32.3 Å². The summed E-state index contributed by atoms with van der Waals surface area (Å²) >= 11 is 5.72. The van der Waals surface area contributed by atoms with E-state index in [1.165, 1.54) is 25.1 Å². The summed E-state index contributed by atoms with van der Waals surface area (Å²) in [6.45, 7) is 1.58. The molecule has 1 unspecified atom stereocenters. The van der Waals surface area contributed by atoms with Gasteiger partial charge in [0.05, 0.1) is 6.42 Å². The molecule has 17 heavy (non-hydrogen) atoms. The number of rotatable bonds is 4. The summed E-state index contributed by atoms with van der Waals surface area (Å²) in [6, 6.07) is 3.73. The molecule has 0 aliphatic carbocycles. The Morgan fingerprint density at radius 2 is 2.06 bits per heavy atom.